The molecule has 21 nitrogen and oxygen atoms in total. The van der Waals surface area contributed by atoms with Gasteiger partial charge in [-0.3, -0.25) is 23.7 Å². The van der Waals surface area contributed by atoms with Gasteiger partial charge >= 0.3 is 17.8 Å². The summed E-state index contributed by atoms with van der Waals surface area (Å²) in [6.45, 7) is 15.8. The summed E-state index contributed by atoms with van der Waals surface area (Å²) in [5, 5.41) is 24.0. The maximum atomic E-state index is 14.8. The number of aromatic nitrogens is 5. The molecule has 6 N–H and O–H groups in total. The van der Waals surface area contributed by atoms with Crippen LogP contribution in [0.3, 0.4) is 0 Å². The fourth-order valence-corrected chi connectivity index (χ4v) is 10.3. The summed E-state index contributed by atoms with van der Waals surface area (Å²) in [4.78, 5) is 65.3. The van der Waals surface area contributed by atoms with Gasteiger partial charge in [-0.2, -0.15) is 4.98 Å². The summed E-state index contributed by atoms with van der Waals surface area (Å²) in [5.74, 6) is -4.10. The number of Topliss-reactive ketones (excluding diaryl/α,β-unsaturated/α-hetero) is 1. The van der Waals surface area contributed by atoms with Gasteiger partial charge < -0.3 is 55.2 Å². The first-order valence-corrected chi connectivity index (χ1v) is 24.3. The van der Waals surface area contributed by atoms with E-state index in [9.17, 15) is 24.3 Å². The van der Waals surface area contributed by atoms with E-state index >= 15 is 0 Å². The van der Waals surface area contributed by atoms with Crippen molar-refractivity contribution in [2.75, 3.05) is 59.0 Å². The van der Waals surface area contributed by atoms with E-state index in [0.29, 0.717) is 56.8 Å². The third kappa shape index (κ3) is 11.7. The first-order chi connectivity index (χ1) is 33.3. The van der Waals surface area contributed by atoms with Crippen molar-refractivity contribution in [3.63, 3.8) is 0 Å². The molecular weight excluding hydrogens is 905 g/mol. The van der Waals surface area contributed by atoms with Crippen LogP contribution >= 0.6 is 0 Å². The Kier molecular flexibility index (Phi) is 18.0. The molecule has 6 rings (SSSR count). The minimum Gasteiger partial charge on any atom is -0.455 e. The van der Waals surface area contributed by atoms with Crippen LogP contribution in [0.25, 0.3) is 11.3 Å². The minimum atomic E-state index is -1.99. The van der Waals surface area contributed by atoms with Crippen molar-refractivity contribution in [3.8, 4) is 11.3 Å². The monoisotopic (exact) mass is 979 g/mol. The number of benzene rings is 1. The van der Waals surface area contributed by atoms with E-state index in [-0.39, 0.29) is 37.4 Å². The predicted molar refractivity (Wildman–Crippen MR) is 260 cm³/mol. The van der Waals surface area contributed by atoms with Crippen LogP contribution in [0.2, 0.25) is 0 Å². The van der Waals surface area contributed by atoms with Gasteiger partial charge in [0.25, 0.3) is 5.72 Å². The fraction of sp³-hybridized carbons (Fsp3) is 0.653. The molecule has 13 atom stereocenters. The number of amides is 1. The lowest BCUT2D eigenvalue weighted by Crippen LogP contribution is -2.65. The van der Waals surface area contributed by atoms with Gasteiger partial charge in [0.1, 0.15) is 29.6 Å². The lowest BCUT2D eigenvalue weighted by atomic mass is 9.78. The average Bonchev–Trinajstić information content (AvgIpc) is 3.92. The van der Waals surface area contributed by atoms with Crippen LogP contribution in [0.15, 0.2) is 60.2 Å². The highest BCUT2D eigenvalue weighted by atomic mass is 16.7. The summed E-state index contributed by atoms with van der Waals surface area (Å²) in [5.41, 5.74) is 10.1. The van der Waals surface area contributed by atoms with Gasteiger partial charge in [-0.1, -0.05) is 44.2 Å². The second kappa shape index (κ2) is 23.3. The van der Waals surface area contributed by atoms with Crippen LogP contribution < -0.4 is 22.5 Å². The molecule has 5 heterocycles. The number of likely N-dealkylation sites (N-methyl/N-ethyl adjacent to an activating group) is 1. The Labute approximate surface area is 410 Å². The minimum absolute atomic E-state index is 0.0522. The number of nitrogens with zero attached hydrogens (tertiary/aromatic N) is 7. The number of anilines is 2. The predicted octanol–water partition coefficient (Wildman–Crippen LogP) is 3.20. The van der Waals surface area contributed by atoms with Crippen LogP contribution in [0.1, 0.15) is 73.6 Å². The Balaban J connectivity index is 1.34. The molecule has 0 saturated carbocycles. The number of carbonyl (C=O) groups is 3. The standard InChI is InChI=1S/C49H74N10O11/c1-11-22-66-28-35-24-37(56(8)9)41(61)45(67-35)69-43-30(4)40(60)31(5)44(62)68-38(12-2)49(59-21-18-39(51)53-46(59)63)42(32(6)52-26-29(3)25-48(43,7)65-10)58(47(64)70-49)20-14-13-19-57-27-36(54-55-57)33-16-15-17-34(50)23-33/h11,15-18,21,23,27,29-32,35,37-38,41-43,45,52,61H,1,12-14,19-20,22,24-26,28,50H2,2-10H3,(H2,51,53,63)/t29-,30+,31-,32-,35+,37?,38-,41?,42-,43-,45+,48-,49-/m1/s1. The second-order valence-corrected chi connectivity index (χ2v) is 19.5. The van der Waals surface area contributed by atoms with E-state index in [0.717, 1.165) is 5.56 Å². The van der Waals surface area contributed by atoms with E-state index in [1.54, 1.807) is 35.6 Å². The smallest absolute Gasteiger partial charge is 0.412 e. The highest BCUT2D eigenvalue weighted by Gasteiger charge is 2.63. The molecule has 0 aliphatic carbocycles. The molecule has 0 bridgehead atoms. The third-order valence-electron chi connectivity index (χ3n) is 14.0. The normalized spacial score (nSPS) is 32.5. The van der Waals surface area contributed by atoms with Crippen LogP contribution in [-0.2, 0) is 50.3 Å². The molecule has 21 heteroatoms. The Bertz CT molecular complexity index is 2330. The van der Waals surface area contributed by atoms with Gasteiger partial charge in [0.2, 0.25) is 0 Å². The van der Waals surface area contributed by atoms with Crippen molar-refractivity contribution in [2.24, 2.45) is 17.8 Å². The maximum Gasteiger partial charge on any atom is 0.412 e. The van der Waals surface area contributed by atoms with Crippen molar-refractivity contribution >= 4 is 29.4 Å². The first kappa shape index (κ1) is 54.1. The Morgan fingerprint density at radius 3 is 2.50 bits per heavy atom. The SMILES string of the molecule is C=CCOC[C@@H]1CC(N(C)C)C(O)[C@H](O[C@@H]2[C@@H](C)C(=O)[C@@H](C)C(=O)O[C@H](CC)[C@@]3(n4ccc(N)nc4=O)OC(=O)N(CCCCn4cc(-c5cccc(N)c5)nn4)[C@@H]3[C@@H](C)NC[C@H](C)C[C@@]2(C)OC)O1. The molecule has 2 aromatic heterocycles. The maximum absolute atomic E-state index is 14.8. The van der Waals surface area contributed by atoms with Crippen LogP contribution in [0, 0.1) is 17.8 Å². The first-order valence-electron chi connectivity index (χ1n) is 24.3. The summed E-state index contributed by atoms with van der Waals surface area (Å²) in [6.07, 6.45) is 0.868. The molecular formula is C49H74N10O11. The number of carbonyl (C=O) groups excluding carboxylic acids is 3. The average molecular weight is 979 g/mol. The number of cyclic esters (lactones) is 1. The molecule has 0 spiro atoms. The van der Waals surface area contributed by atoms with Gasteiger partial charge in [-0.25, -0.2) is 9.59 Å². The van der Waals surface area contributed by atoms with Gasteiger partial charge in [-0.15, -0.1) is 11.7 Å². The van der Waals surface area contributed by atoms with Crippen molar-refractivity contribution < 1.29 is 47.9 Å². The number of aryl methyl sites for hydroxylation is 1. The van der Waals surface area contributed by atoms with Crippen molar-refractivity contribution in [2.45, 2.75) is 140 Å². The molecule has 3 saturated heterocycles. The number of esters is 1. The highest BCUT2D eigenvalue weighted by Crippen LogP contribution is 2.43. The molecule has 3 aliphatic rings. The quantitative estimate of drug-likeness (QED) is 0.0528. The Hall–Kier alpha value is -5.29. The molecule has 1 aromatic carbocycles. The molecule has 0 radical (unpaired) electrons. The molecule has 70 heavy (non-hydrogen) atoms. The third-order valence-corrected chi connectivity index (χ3v) is 14.0. The number of ether oxygens (including phenoxy) is 6. The molecule has 3 aliphatic heterocycles. The second-order valence-electron chi connectivity index (χ2n) is 19.5. The number of aliphatic hydroxyl groups excluding tert-OH is 1. The summed E-state index contributed by atoms with van der Waals surface area (Å²) in [7, 11) is 5.25. The number of aliphatic hydroxyl groups is 1. The molecule has 386 valence electrons. The van der Waals surface area contributed by atoms with E-state index < -0.39 is 89.5 Å². The molecule has 1 amide bonds. The zero-order chi connectivity index (χ0) is 51.1. The Morgan fingerprint density at radius 1 is 1.09 bits per heavy atom. The zero-order valence-electron chi connectivity index (χ0n) is 42.1. The van der Waals surface area contributed by atoms with Gasteiger partial charge in [0, 0.05) is 55.6 Å². The number of nitrogens with two attached hydrogens (primary N) is 2. The fourth-order valence-electron chi connectivity index (χ4n) is 10.3. The summed E-state index contributed by atoms with van der Waals surface area (Å²) >= 11 is 0. The van der Waals surface area contributed by atoms with Gasteiger partial charge in [-0.05, 0) is 97.6 Å². The number of methoxy groups -OCH3 is 1. The number of rotatable bonds is 16. The molecule has 3 fully saturated rings. The van der Waals surface area contributed by atoms with Crippen molar-refractivity contribution in [1.82, 2.24) is 39.7 Å². The number of nitrogens with one attached hydrogen (secondary N) is 1. The zero-order valence-corrected chi connectivity index (χ0v) is 42.1. The van der Waals surface area contributed by atoms with E-state index in [1.165, 1.54) is 30.9 Å². The number of nitrogen functional groups attached to an aromatic ring is 2. The van der Waals surface area contributed by atoms with Crippen molar-refractivity contribution in [1.29, 1.82) is 0 Å². The lowest BCUT2D eigenvalue weighted by molar-refractivity contribution is -0.301. The Morgan fingerprint density at radius 2 is 1.83 bits per heavy atom. The number of unbranched alkanes of at least 4 members (excludes halogenated alkanes) is 1. The number of hydrogen-bond donors (Lipinski definition) is 4. The van der Waals surface area contributed by atoms with E-state index in [4.69, 9.17) is 39.9 Å². The molecule has 2 unspecified atom stereocenters. The van der Waals surface area contributed by atoms with Crippen LogP contribution in [0.4, 0.5) is 16.3 Å². The van der Waals surface area contributed by atoms with Crippen molar-refractivity contribution in [3.05, 3.63) is 65.9 Å². The molecule has 3 aromatic rings. The van der Waals surface area contributed by atoms with Crippen LogP contribution in [-0.4, -0.2) is 159 Å². The van der Waals surface area contributed by atoms with E-state index in [1.807, 2.05) is 64.2 Å². The van der Waals surface area contributed by atoms with Gasteiger partial charge in [0.05, 0.1) is 37.2 Å². The number of ketones is 1. The lowest BCUT2D eigenvalue weighted by Gasteiger charge is -2.47. The highest BCUT2D eigenvalue weighted by molar-refractivity contribution is 6.00. The number of fused-ring (bicyclic) bond motifs is 1. The number of hydrogen-bond acceptors (Lipinski definition) is 18. The summed E-state index contributed by atoms with van der Waals surface area (Å²) < 4.78 is 40.9. The summed E-state index contributed by atoms with van der Waals surface area (Å²) in [6, 6.07) is 6.80. The van der Waals surface area contributed by atoms with Crippen LogP contribution in [0.5, 0.6) is 0 Å². The van der Waals surface area contributed by atoms with E-state index in [2.05, 4.69) is 27.2 Å². The van der Waals surface area contributed by atoms with Gasteiger partial charge in [0.15, 0.2) is 18.2 Å². The largest absolute Gasteiger partial charge is 0.455 e. The topological polar surface area (TPSA) is 263 Å².